The summed E-state index contributed by atoms with van der Waals surface area (Å²) in [6.07, 6.45) is 7.22. The molecule has 2 N–H and O–H groups in total. The fourth-order valence-electron chi connectivity index (χ4n) is 2.96. The highest BCUT2D eigenvalue weighted by atomic mass is 32.2. The van der Waals surface area contributed by atoms with Crippen molar-refractivity contribution in [3.63, 3.8) is 0 Å². The number of likely N-dealkylation sites (tertiary alicyclic amines) is 1. The molecule has 1 aliphatic heterocycles. The number of carboxylic acids is 1. The highest BCUT2D eigenvalue weighted by Crippen LogP contribution is 2.21. The highest BCUT2D eigenvalue weighted by molar-refractivity contribution is 7.99. The Labute approximate surface area is 158 Å². The van der Waals surface area contributed by atoms with E-state index < -0.39 is 12.1 Å². The Balaban J connectivity index is 1.75. The van der Waals surface area contributed by atoms with E-state index in [2.05, 4.69) is 0 Å². The van der Waals surface area contributed by atoms with E-state index in [-0.39, 0.29) is 18.4 Å². The van der Waals surface area contributed by atoms with Crippen LogP contribution >= 0.6 is 11.8 Å². The van der Waals surface area contributed by atoms with Crippen molar-refractivity contribution in [2.75, 3.05) is 18.1 Å². The van der Waals surface area contributed by atoms with Gasteiger partial charge in [-0.05, 0) is 37.1 Å². The van der Waals surface area contributed by atoms with E-state index in [1.54, 1.807) is 24.1 Å². The van der Waals surface area contributed by atoms with Crippen LogP contribution < -0.4 is 0 Å². The summed E-state index contributed by atoms with van der Waals surface area (Å²) in [6.45, 7) is 2.60. The molecule has 0 bridgehead atoms. The zero-order valence-electron chi connectivity index (χ0n) is 15.1. The molecule has 2 rings (SSSR count). The van der Waals surface area contributed by atoms with E-state index in [4.69, 9.17) is 9.52 Å². The van der Waals surface area contributed by atoms with Gasteiger partial charge in [-0.25, -0.2) is 0 Å². The predicted octanol–water partition coefficient (Wildman–Crippen LogP) is 2.64. The Morgan fingerprint density at radius 2 is 2.31 bits per heavy atom. The summed E-state index contributed by atoms with van der Waals surface area (Å²) < 4.78 is 5.35. The summed E-state index contributed by atoms with van der Waals surface area (Å²) in [7, 11) is 0. The minimum Gasteiger partial charge on any atom is -0.481 e. The van der Waals surface area contributed by atoms with Crippen LogP contribution in [-0.4, -0.2) is 57.2 Å². The summed E-state index contributed by atoms with van der Waals surface area (Å²) in [5.74, 6) is 1.73. The monoisotopic (exact) mass is 381 g/mol. The molecule has 1 unspecified atom stereocenters. The lowest BCUT2D eigenvalue weighted by atomic mass is 10.1. The van der Waals surface area contributed by atoms with Crippen LogP contribution in [0.15, 0.2) is 28.9 Å². The lowest BCUT2D eigenvalue weighted by Gasteiger charge is -2.22. The third kappa shape index (κ3) is 6.53. The molecule has 6 nitrogen and oxygen atoms in total. The van der Waals surface area contributed by atoms with Crippen LogP contribution in [-0.2, 0) is 16.0 Å². The quantitative estimate of drug-likeness (QED) is 0.452. The smallest absolute Gasteiger partial charge is 0.303 e. The summed E-state index contributed by atoms with van der Waals surface area (Å²) in [5.41, 5.74) is 1.02. The third-order valence-corrected chi connectivity index (χ3v) is 5.50. The van der Waals surface area contributed by atoms with Gasteiger partial charge in [0.15, 0.2) is 0 Å². The number of hydrogen-bond acceptors (Lipinski definition) is 5. The molecule has 1 aromatic rings. The Morgan fingerprint density at radius 1 is 1.50 bits per heavy atom. The van der Waals surface area contributed by atoms with Gasteiger partial charge in [-0.3, -0.25) is 9.59 Å². The molecule has 1 saturated heterocycles. The number of furan rings is 1. The van der Waals surface area contributed by atoms with Crippen molar-refractivity contribution in [3.05, 3.63) is 35.8 Å². The topological polar surface area (TPSA) is 91.0 Å². The number of amides is 1. The highest BCUT2D eigenvalue weighted by Gasteiger charge is 2.28. The lowest BCUT2D eigenvalue weighted by molar-refractivity contribution is -0.137. The number of aliphatic carboxylic acids is 1. The second kappa shape index (κ2) is 10.4. The van der Waals surface area contributed by atoms with Crippen molar-refractivity contribution in [2.24, 2.45) is 0 Å². The number of rotatable bonds is 11. The number of aliphatic hydroxyl groups is 1. The lowest BCUT2D eigenvalue weighted by Crippen LogP contribution is -2.34. The van der Waals surface area contributed by atoms with E-state index in [0.29, 0.717) is 25.8 Å². The normalized spacial score (nSPS) is 18.8. The SMILES string of the molecule is Cc1ccoc1C[C@H](O)/C=C/C1CCC(=O)N1CCSCCCC(=O)O. The zero-order chi connectivity index (χ0) is 18.9. The molecule has 1 fully saturated rings. The Bertz CT molecular complexity index is 627. The third-order valence-electron chi connectivity index (χ3n) is 4.45. The van der Waals surface area contributed by atoms with Crippen LogP contribution in [0.1, 0.15) is 37.0 Å². The van der Waals surface area contributed by atoms with Gasteiger partial charge in [-0.15, -0.1) is 0 Å². The Hall–Kier alpha value is -1.73. The summed E-state index contributed by atoms with van der Waals surface area (Å²) in [6, 6.07) is 1.89. The predicted molar refractivity (Wildman–Crippen MR) is 101 cm³/mol. The minimum absolute atomic E-state index is 0.0227. The molecular weight excluding hydrogens is 354 g/mol. The fourth-order valence-corrected chi connectivity index (χ4v) is 3.84. The van der Waals surface area contributed by atoms with Crippen LogP contribution in [0.4, 0.5) is 0 Å². The van der Waals surface area contributed by atoms with Crippen molar-refractivity contribution in [3.8, 4) is 0 Å². The molecule has 1 aromatic heterocycles. The van der Waals surface area contributed by atoms with Crippen molar-refractivity contribution < 1.29 is 24.2 Å². The van der Waals surface area contributed by atoms with Crippen molar-refractivity contribution >= 4 is 23.6 Å². The van der Waals surface area contributed by atoms with E-state index in [0.717, 1.165) is 29.3 Å². The van der Waals surface area contributed by atoms with E-state index in [1.807, 2.05) is 24.0 Å². The summed E-state index contributed by atoms with van der Waals surface area (Å²) in [5, 5.41) is 18.8. The molecule has 1 amide bonds. The van der Waals surface area contributed by atoms with Gasteiger partial charge in [-0.2, -0.15) is 11.8 Å². The molecule has 1 aliphatic rings. The second-order valence-electron chi connectivity index (χ2n) is 6.49. The number of nitrogens with zero attached hydrogens (tertiary/aromatic N) is 1. The van der Waals surface area contributed by atoms with Gasteiger partial charge in [0.1, 0.15) is 5.76 Å². The summed E-state index contributed by atoms with van der Waals surface area (Å²) >= 11 is 1.67. The first-order chi connectivity index (χ1) is 12.5. The van der Waals surface area contributed by atoms with Crippen molar-refractivity contribution in [1.29, 1.82) is 0 Å². The molecular formula is C19H27NO5S. The molecule has 0 radical (unpaired) electrons. The first kappa shape index (κ1) is 20.6. The Kier molecular flexibility index (Phi) is 8.25. The molecule has 0 aliphatic carbocycles. The van der Waals surface area contributed by atoms with Crippen LogP contribution in [0.3, 0.4) is 0 Å². The van der Waals surface area contributed by atoms with Crippen molar-refractivity contribution in [1.82, 2.24) is 4.90 Å². The number of hydrogen-bond donors (Lipinski definition) is 2. The van der Waals surface area contributed by atoms with Gasteiger partial charge in [0.2, 0.25) is 5.91 Å². The van der Waals surface area contributed by atoms with E-state index >= 15 is 0 Å². The fraction of sp³-hybridized carbons (Fsp3) is 0.579. The second-order valence-corrected chi connectivity index (χ2v) is 7.71. The molecule has 26 heavy (non-hydrogen) atoms. The number of aryl methyl sites for hydroxylation is 1. The maximum Gasteiger partial charge on any atom is 0.303 e. The molecule has 0 saturated carbocycles. The van der Waals surface area contributed by atoms with Gasteiger partial charge in [0.25, 0.3) is 0 Å². The van der Waals surface area contributed by atoms with Gasteiger partial charge >= 0.3 is 5.97 Å². The average Bonchev–Trinajstić information content (AvgIpc) is 3.15. The average molecular weight is 381 g/mol. The number of thioether (sulfide) groups is 1. The molecule has 2 atom stereocenters. The van der Waals surface area contributed by atoms with Gasteiger partial charge in [0, 0.05) is 31.6 Å². The van der Waals surface area contributed by atoms with Crippen LogP contribution in [0.5, 0.6) is 0 Å². The Morgan fingerprint density at radius 3 is 3.00 bits per heavy atom. The largest absolute Gasteiger partial charge is 0.481 e. The van der Waals surface area contributed by atoms with E-state index in [1.165, 1.54) is 0 Å². The van der Waals surface area contributed by atoms with Gasteiger partial charge in [-0.1, -0.05) is 12.2 Å². The van der Waals surface area contributed by atoms with Crippen molar-refractivity contribution in [2.45, 2.75) is 51.2 Å². The number of carboxylic acid groups (broad SMARTS) is 1. The van der Waals surface area contributed by atoms with Crippen LogP contribution in [0.25, 0.3) is 0 Å². The number of carbonyl (C=O) groups excluding carboxylic acids is 1. The molecule has 0 aromatic carbocycles. The minimum atomic E-state index is -0.770. The molecule has 0 spiro atoms. The van der Waals surface area contributed by atoms with Crippen LogP contribution in [0, 0.1) is 6.92 Å². The molecule has 7 heteroatoms. The number of carbonyl (C=O) groups is 2. The zero-order valence-corrected chi connectivity index (χ0v) is 15.9. The first-order valence-electron chi connectivity index (χ1n) is 8.95. The summed E-state index contributed by atoms with van der Waals surface area (Å²) in [4.78, 5) is 24.4. The molecule has 2 heterocycles. The standard InChI is InChI=1S/C19H27NO5S/c1-14-8-10-25-17(14)13-16(21)6-4-15-5-7-18(22)20(15)9-12-26-11-2-3-19(23)24/h4,6,8,10,15-16,21H,2-3,5,7,9,11-13H2,1H3,(H,23,24)/b6-4+/t15?,16-/m1/s1. The van der Waals surface area contributed by atoms with E-state index in [9.17, 15) is 14.7 Å². The van der Waals surface area contributed by atoms with Gasteiger partial charge in [0.05, 0.1) is 18.4 Å². The molecule has 144 valence electrons. The number of aliphatic hydroxyl groups excluding tert-OH is 1. The van der Waals surface area contributed by atoms with Crippen LogP contribution in [0.2, 0.25) is 0 Å². The maximum atomic E-state index is 12.1. The van der Waals surface area contributed by atoms with Gasteiger partial charge < -0.3 is 19.5 Å². The first-order valence-corrected chi connectivity index (χ1v) is 10.1. The maximum absolute atomic E-state index is 12.1.